The van der Waals surface area contributed by atoms with Crippen molar-refractivity contribution in [1.82, 2.24) is 9.78 Å². The van der Waals surface area contributed by atoms with Crippen LogP contribution < -0.4 is 10.1 Å². The summed E-state index contributed by atoms with van der Waals surface area (Å²) < 4.78 is 13.3. The number of aryl methyl sites for hydroxylation is 2. The quantitative estimate of drug-likeness (QED) is 0.406. The van der Waals surface area contributed by atoms with Gasteiger partial charge in [-0.1, -0.05) is 29.8 Å². The van der Waals surface area contributed by atoms with E-state index in [0.717, 1.165) is 24.2 Å². The van der Waals surface area contributed by atoms with Gasteiger partial charge in [0.15, 0.2) is 11.6 Å². The Hall–Kier alpha value is -3.51. The van der Waals surface area contributed by atoms with E-state index in [4.69, 9.17) is 20.8 Å². The SMILES string of the molecule is O=C(Nc1ccn(Cc2ccc(Cl)cc2)n1)c1ccc(COc2ccc3c(c2)CCC3)o1. The van der Waals surface area contributed by atoms with Crippen molar-refractivity contribution in [3.8, 4) is 5.75 Å². The first-order chi connectivity index (χ1) is 15.6. The number of amides is 1. The number of rotatable bonds is 7. The van der Waals surface area contributed by atoms with Crippen LogP contribution in [0.15, 0.2) is 71.3 Å². The van der Waals surface area contributed by atoms with Gasteiger partial charge in [-0.3, -0.25) is 9.48 Å². The summed E-state index contributed by atoms with van der Waals surface area (Å²) in [7, 11) is 0. The molecule has 0 atom stereocenters. The molecule has 1 amide bonds. The Morgan fingerprint density at radius 3 is 2.78 bits per heavy atom. The highest BCUT2D eigenvalue weighted by molar-refractivity contribution is 6.30. The molecule has 0 bridgehead atoms. The zero-order valence-corrected chi connectivity index (χ0v) is 18.1. The minimum absolute atomic E-state index is 0.213. The van der Waals surface area contributed by atoms with Gasteiger partial charge in [-0.25, -0.2) is 0 Å². The predicted octanol–water partition coefficient (Wildman–Crippen LogP) is 5.50. The molecular formula is C25H22ClN3O3. The van der Waals surface area contributed by atoms with Crippen molar-refractivity contribution in [2.45, 2.75) is 32.4 Å². The van der Waals surface area contributed by atoms with Crippen molar-refractivity contribution in [1.29, 1.82) is 0 Å². The van der Waals surface area contributed by atoms with Crippen LogP contribution >= 0.6 is 11.6 Å². The summed E-state index contributed by atoms with van der Waals surface area (Å²) in [6, 6.07) is 18.9. The highest BCUT2D eigenvalue weighted by Gasteiger charge is 2.14. The number of furan rings is 1. The lowest BCUT2D eigenvalue weighted by atomic mass is 10.1. The second-order valence-corrected chi connectivity index (χ2v) is 8.25. The Kier molecular flexibility index (Phi) is 5.69. The van der Waals surface area contributed by atoms with E-state index < -0.39 is 0 Å². The third-order valence-corrected chi connectivity index (χ3v) is 5.73. The summed E-state index contributed by atoms with van der Waals surface area (Å²) in [5.74, 6) is 1.72. The van der Waals surface area contributed by atoms with Crippen molar-refractivity contribution in [2.75, 3.05) is 5.32 Å². The van der Waals surface area contributed by atoms with Gasteiger partial charge in [0.25, 0.3) is 5.91 Å². The molecule has 1 aliphatic rings. The summed E-state index contributed by atoms with van der Waals surface area (Å²) in [6.07, 6.45) is 5.26. The molecule has 5 rings (SSSR count). The van der Waals surface area contributed by atoms with Crippen molar-refractivity contribution in [3.63, 3.8) is 0 Å². The number of fused-ring (bicyclic) bond motifs is 1. The molecule has 0 saturated carbocycles. The fourth-order valence-electron chi connectivity index (χ4n) is 3.84. The normalized spacial score (nSPS) is 12.5. The Morgan fingerprint density at radius 2 is 1.91 bits per heavy atom. The summed E-state index contributed by atoms with van der Waals surface area (Å²) >= 11 is 5.92. The van der Waals surface area contributed by atoms with Crippen LogP contribution in [0.25, 0.3) is 0 Å². The largest absolute Gasteiger partial charge is 0.486 e. The van der Waals surface area contributed by atoms with Crippen LogP contribution in [0.3, 0.4) is 0 Å². The van der Waals surface area contributed by atoms with Crippen molar-refractivity contribution < 1.29 is 13.9 Å². The van der Waals surface area contributed by atoms with Crippen LogP contribution in [-0.4, -0.2) is 15.7 Å². The second kappa shape index (κ2) is 8.93. The van der Waals surface area contributed by atoms with Gasteiger partial charge in [0.1, 0.15) is 18.1 Å². The number of carbonyl (C=O) groups excluding carboxylic acids is 1. The van der Waals surface area contributed by atoms with Crippen molar-refractivity contribution in [3.05, 3.63) is 100 Å². The number of anilines is 1. The van der Waals surface area contributed by atoms with Crippen LogP contribution in [0, 0.1) is 0 Å². The first-order valence-corrected chi connectivity index (χ1v) is 10.9. The lowest BCUT2D eigenvalue weighted by Gasteiger charge is -2.06. The lowest BCUT2D eigenvalue weighted by molar-refractivity contribution is 0.0992. The zero-order valence-electron chi connectivity index (χ0n) is 17.4. The van der Waals surface area contributed by atoms with Gasteiger partial charge in [0.2, 0.25) is 0 Å². The maximum Gasteiger partial charge on any atom is 0.292 e. The molecule has 1 aliphatic carbocycles. The molecule has 0 aliphatic heterocycles. The number of nitrogens with zero attached hydrogens (tertiary/aromatic N) is 2. The van der Waals surface area contributed by atoms with E-state index in [9.17, 15) is 4.79 Å². The maximum atomic E-state index is 12.5. The smallest absolute Gasteiger partial charge is 0.292 e. The number of halogens is 1. The number of aromatic nitrogens is 2. The monoisotopic (exact) mass is 447 g/mol. The van der Waals surface area contributed by atoms with E-state index in [1.54, 1.807) is 22.9 Å². The molecule has 0 saturated heterocycles. The highest BCUT2D eigenvalue weighted by atomic mass is 35.5. The van der Waals surface area contributed by atoms with Crippen molar-refractivity contribution in [2.24, 2.45) is 0 Å². The molecule has 7 heteroatoms. The number of hydrogen-bond donors (Lipinski definition) is 1. The fourth-order valence-corrected chi connectivity index (χ4v) is 3.97. The maximum absolute atomic E-state index is 12.5. The lowest BCUT2D eigenvalue weighted by Crippen LogP contribution is -2.12. The Bertz CT molecular complexity index is 1240. The van der Waals surface area contributed by atoms with E-state index in [0.29, 0.717) is 23.1 Å². The fraction of sp³-hybridized carbons (Fsp3) is 0.200. The average Bonchev–Trinajstić information content (AvgIpc) is 3.54. The zero-order chi connectivity index (χ0) is 21.9. The number of nitrogens with one attached hydrogen (secondary N) is 1. The van der Waals surface area contributed by atoms with Crippen LogP contribution in [0.2, 0.25) is 5.02 Å². The summed E-state index contributed by atoms with van der Waals surface area (Å²) in [4.78, 5) is 12.5. The van der Waals surface area contributed by atoms with E-state index in [1.165, 1.54) is 17.5 Å². The van der Waals surface area contributed by atoms with Gasteiger partial charge in [0, 0.05) is 17.3 Å². The molecule has 2 aromatic heterocycles. The molecule has 2 aromatic carbocycles. The van der Waals surface area contributed by atoms with Gasteiger partial charge in [-0.2, -0.15) is 5.10 Å². The second-order valence-electron chi connectivity index (χ2n) is 7.82. The molecule has 4 aromatic rings. The van der Waals surface area contributed by atoms with Crippen LogP contribution in [0.4, 0.5) is 5.82 Å². The molecule has 2 heterocycles. The Morgan fingerprint density at radius 1 is 1.06 bits per heavy atom. The first-order valence-electron chi connectivity index (χ1n) is 10.5. The Labute approximate surface area is 190 Å². The third-order valence-electron chi connectivity index (χ3n) is 5.48. The molecular weight excluding hydrogens is 426 g/mol. The third kappa shape index (κ3) is 4.70. The Balaban J connectivity index is 1.16. The molecule has 1 N–H and O–H groups in total. The number of carbonyl (C=O) groups is 1. The van der Waals surface area contributed by atoms with Gasteiger partial charge in [-0.05, 0) is 72.4 Å². The minimum atomic E-state index is -0.356. The van der Waals surface area contributed by atoms with Crippen LogP contribution in [-0.2, 0) is 26.0 Å². The first kappa shape index (κ1) is 20.4. The van der Waals surface area contributed by atoms with Gasteiger partial charge >= 0.3 is 0 Å². The van der Waals surface area contributed by atoms with E-state index in [1.807, 2.05) is 36.5 Å². The predicted molar refractivity (Wildman–Crippen MR) is 122 cm³/mol. The molecule has 0 fully saturated rings. The van der Waals surface area contributed by atoms with E-state index in [-0.39, 0.29) is 18.3 Å². The molecule has 0 unspecified atom stereocenters. The van der Waals surface area contributed by atoms with Gasteiger partial charge in [-0.15, -0.1) is 0 Å². The number of hydrogen-bond acceptors (Lipinski definition) is 4. The van der Waals surface area contributed by atoms with E-state index >= 15 is 0 Å². The van der Waals surface area contributed by atoms with Gasteiger partial charge < -0.3 is 14.5 Å². The van der Waals surface area contributed by atoms with Crippen LogP contribution in [0.1, 0.15) is 39.4 Å². The van der Waals surface area contributed by atoms with E-state index in [2.05, 4.69) is 22.5 Å². The number of ether oxygens (including phenoxy) is 1. The average molecular weight is 448 g/mol. The van der Waals surface area contributed by atoms with Crippen LogP contribution in [0.5, 0.6) is 5.75 Å². The highest BCUT2D eigenvalue weighted by Crippen LogP contribution is 2.26. The number of benzene rings is 2. The standard InChI is InChI=1S/C25H22ClN3O3/c26-20-7-4-17(5-8-20)15-29-13-12-24(28-29)27-25(30)23-11-10-22(32-23)16-31-21-9-6-18-2-1-3-19(18)14-21/h4-14H,1-3,15-16H2,(H,27,28,30). The van der Waals surface area contributed by atoms with Crippen molar-refractivity contribution >= 4 is 23.3 Å². The molecule has 6 nitrogen and oxygen atoms in total. The van der Waals surface area contributed by atoms with Gasteiger partial charge in [0.05, 0.1) is 6.54 Å². The summed E-state index contributed by atoms with van der Waals surface area (Å²) in [6.45, 7) is 0.847. The summed E-state index contributed by atoms with van der Waals surface area (Å²) in [5, 5.41) is 7.84. The molecule has 0 spiro atoms. The molecule has 162 valence electrons. The summed E-state index contributed by atoms with van der Waals surface area (Å²) in [5.41, 5.74) is 3.83. The molecule has 32 heavy (non-hydrogen) atoms. The molecule has 0 radical (unpaired) electrons. The minimum Gasteiger partial charge on any atom is -0.486 e. The topological polar surface area (TPSA) is 69.3 Å².